The van der Waals surface area contributed by atoms with Crippen molar-refractivity contribution in [1.29, 1.82) is 0 Å². The van der Waals surface area contributed by atoms with Crippen LogP contribution in [0.5, 0.6) is 5.75 Å². The van der Waals surface area contributed by atoms with Crippen LogP contribution in [0.15, 0.2) is 18.2 Å². The number of carboxylic acids is 1. The van der Waals surface area contributed by atoms with Crippen LogP contribution in [0.1, 0.15) is 44.2 Å². The van der Waals surface area contributed by atoms with Crippen molar-refractivity contribution in [1.82, 2.24) is 0 Å². The van der Waals surface area contributed by atoms with Crippen molar-refractivity contribution < 1.29 is 14.6 Å². The van der Waals surface area contributed by atoms with Crippen LogP contribution in [-0.2, 0) is 11.2 Å². The van der Waals surface area contributed by atoms with Crippen LogP contribution in [-0.4, -0.2) is 17.7 Å². The molecule has 0 spiro atoms. The summed E-state index contributed by atoms with van der Waals surface area (Å²) in [7, 11) is 0. The van der Waals surface area contributed by atoms with Gasteiger partial charge in [0.25, 0.3) is 0 Å². The standard InChI is InChI=1S/C14H20O3/c1-4-5-11-6-12(10(2)3)8-13(7-11)17-9-14(15)16/h6-8,10H,4-5,9H2,1-3H3,(H,15,16). The molecule has 3 nitrogen and oxygen atoms in total. The highest BCUT2D eigenvalue weighted by Crippen LogP contribution is 2.24. The van der Waals surface area contributed by atoms with Crippen molar-refractivity contribution in [2.24, 2.45) is 0 Å². The van der Waals surface area contributed by atoms with Crippen LogP contribution >= 0.6 is 0 Å². The predicted octanol–water partition coefficient (Wildman–Crippen LogP) is 3.23. The minimum atomic E-state index is -0.947. The lowest BCUT2D eigenvalue weighted by atomic mass is 9.98. The van der Waals surface area contributed by atoms with E-state index in [4.69, 9.17) is 9.84 Å². The molecule has 0 aromatic heterocycles. The Labute approximate surface area is 102 Å². The zero-order valence-electron chi connectivity index (χ0n) is 10.7. The van der Waals surface area contributed by atoms with E-state index in [0.717, 1.165) is 12.8 Å². The van der Waals surface area contributed by atoms with E-state index in [2.05, 4.69) is 26.8 Å². The Kier molecular flexibility index (Phi) is 5.01. The Morgan fingerprint density at radius 3 is 2.59 bits per heavy atom. The second-order valence-electron chi connectivity index (χ2n) is 4.50. The monoisotopic (exact) mass is 236 g/mol. The molecule has 17 heavy (non-hydrogen) atoms. The van der Waals surface area contributed by atoms with Gasteiger partial charge in [-0.3, -0.25) is 0 Å². The van der Waals surface area contributed by atoms with Gasteiger partial charge in [0.15, 0.2) is 6.61 Å². The Bertz CT molecular complexity index is 383. The van der Waals surface area contributed by atoms with E-state index < -0.39 is 5.97 Å². The van der Waals surface area contributed by atoms with E-state index in [9.17, 15) is 4.79 Å². The number of hydrogen-bond donors (Lipinski definition) is 1. The SMILES string of the molecule is CCCc1cc(OCC(=O)O)cc(C(C)C)c1. The molecular formula is C14H20O3. The van der Waals surface area contributed by atoms with Crippen LogP contribution in [0.4, 0.5) is 0 Å². The molecule has 1 aromatic rings. The molecule has 0 heterocycles. The van der Waals surface area contributed by atoms with Gasteiger partial charge in [-0.05, 0) is 35.6 Å². The maximum atomic E-state index is 10.5. The van der Waals surface area contributed by atoms with Gasteiger partial charge >= 0.3 is 5.97 Å². The quantitative estimate of drug-likeness (QED) is 0.824. The molecule has 1 N–H and O–H groups in total. The average Bonchev–Trinajstić information content (AvgIpc) is 2.26. The van der Waals surface area contributed by atoms with E-state index in [1.165, 1.54) is 11.1 Å². The maximum Gasteiger partial charge on any atom is 0.341 e. The van der Waals surface area contributed by atoms with Crippen LogP contribution in [0.2, 0.25) is 0 Å². The molecule has 0 bridgehead atoms. The number of ether oxygens (including phenoxy) is 1. The molecule has 0 aliphatic carbocycles. The van der Waals surface area contributed by atoms with E-state index in [1.54, 1.807) is 0 Å². The van der Waals surface area contributed by atoms with E-state index in [-0.39, 0.29) is 6.61 Å². The van der Waals surface area contributed by atoms with E-state index in [0.29, 0.717) is 11.7 Å². The molecular weight excluding hydrogens is 216 g/mol. The van der Waals surface area contributed by atoms with Crippen molar-refractivity contribution in [2.75, 3.05) is 6.61 Å². The van der Waals surface area contributed by atoms with Crippen LogP contribution in [0, 0.1) is 0 Å². The molecule has 1 rings (SSSR count). The lowest BCUT2D eigenvalue weighted by molar-refractivity contribution is -0.139. The van der Waals surface area contributed by atoms with Gasteiger partial charge in [0.05, 0.1) is 0 Å². The van der Waals surface area contributed by atoms with Crippen molar-refractivity contribution in [3.05, 3.63) is 29.3 Å². The van der Waals surface area contributed by atoms with Crippen LogP contribution in [0.25, 0.3) is 0 Å². The summed E-state index contributed by atoms with van der Waals surface area (Å²) >= 11 is 0. The first-order valence-electron chi connectivity index (χ1n) is 6.01. The van der Waals surface area contributed by atoms with Gasteiger partial charge in [-0.25, -0.2) is 4.79 Å². The summed E-state index contributed by atoms with van der Waals surface area (Å²) in [6.07, 6.45) is 2.06. The molecule has 0 aliphatic heterocycles. The van der Waals surface area contributed by atoms with Gasteiger partial charge in [-0.15, -0.1) is 0 Å². The molecule has 0 atom stereocenters. The highest BCUT2D eigenvalue weighted by atomic mass is 16.5. The van der Waals surface area contributed by atoms with Gasteiger partial charge in [-0.1, -0.05) is 33.3 Å². The summed E-state index contributed by atoms with van der Waals surface area (Å²) in [5.74, 6) is 0.123. The smallest absolute Gasteiger partial charge is 0.341 e. The number of benzene rings is 1. The Hall–Kier alpha value is -1.51. The molecule has 0 saturated heterocycles. The van der Waals surface area contributed by atoms with E-state index >= 15 is 0 Å². The maximum absolute atomic E-state index is 10.5. The van der Waals surface area contributed by atoms with Crippen LogP contribution in [0.3, 0.4) is 0 Å². The third kappa shape index (κ3) is 4.47. The summed E-state index contributed by atoms with van der Waals surface area (Å²) in [6, 6.07) is 6.02. The molecule has 1 aromatic carbocycles. The molecule has 0 unspecified atom stereocenters. The number of hydrogen-bond acceptors (Lipinski definition) is 2. The largest absolute Gasteiger partial charge is 0.482 e. The third-order valence-electron chi connectivity index (χ3n) is 2.56. The molecule has 0 fully saturated rings. The summed E-state index contributed by atoms with van der Waals surface area (Å²) < 4.78 is 5.25. The van der Waals surface area contributed by atoms with Gasteiger partial charge in [-0.2, -0.15) is 0 Å². The third-order valence-corrected chi connectivity index (χ3v) is 2.56. The zero-order chi connectivity index (χ0) is 12.8. The fourth-order valence-electron chi connectivity index (χ4n) is 1.68. The van der Waals surface area contributed by atoms with Crippen LogP contribution < -0.4 is 4.74 Å². The zero-order valence-corrected chi connectivity index (χ0v) is 10.7. The van der Waals surface area contributed by atoms with Gasteiger partial charge in [0.1, 0.15) is 5.75 Å². The van der Waals surface area contributed by atoms with Gasteiger partial charge in [0.2, 0.25) is 0 Å². The van der Waals surface area contributed by atoms with Gasteiger partial charge < -0.3 is 9.84 Å². The van der Waals surface area contributed by atoms with Crippen molar-refractivity contribution >= 4 is 5.97 Å². The van der Waals surface area contributed by atoms with Crippen molar-refractivity contribution in [2.45, 2.75) is 39.5 Å². The highest BCUT2D eigenvalue weighted by Gasteiger charge is 2.06. The van der Waals surface area contributed by atoms with Crippen molar-refractivity contribution in [3.63, 3.8) is 0 Å². The normalized spacial score (nSPS) is 10.6. The second kappa shape index (κ2) is 6.28. The molecule has 0 saturated carbocycles. The number of rotatable bonds is 6. The predicted molar refractivity (Wildman–Crippen MR) is 67.7 cm³/mol. The Balaban J connectivity index is 2.90. The molecule has 0 aliphatic rings. The summed E-state index contributed by atoms with van der Waals surface area (Å²) in [4.78, 5) is 10.5. The summed E-state index contributed by atoms with van der Waals surface area (Å²) in [5.41, 5.74) is 2.40. The highest BCUT2D eigenvalue weighted by molar-refractivity contribution is 5.68. The summed E-state index contributed by atoms with van der Waals surface area (Å²) in [6.45, 7) is 6.07. The summed E-state index contributed by atoms with van der Waals surface area (Å²) in [5, 5.41) is 8.60. The first-order valence-corrected chi connectivity index (χ1v) is 6.01. The Morgan fingerprint density at radius 2 is 2.06 bits per heavy atom. The first kappa shape index (κ1) is 13.6. The minimum Gasteiger partial charge on any atom is -0.482 e. The molecule has 94 valence electrons. The fraction of sp³-hybridized carbons (Fsp3) is 0.500. The molecule has 0 radical (unpaired) electrons. The Morgan fingerprint density at radius 1 is 1.35 bits per heavy atom. The van der Waals surface area contributed by atoms with Gasteiger partial charge in [0, 0.05) is 0 Å². The number of aliphatic carboxylic acids is 1. The lowest BCUT2D eigenvalue weighted by Gasteiger charge is -2.12. The van der Waals surface area contributed by atoms with E-state index in [1.807, 2.05) is 12.1 Å². The molecule has 0 amide bonds. The minimum absolute atomic E-state index is 0.285. The lowest BCUT2D eigenvalue weighted by Crippen LogP contribution is -2.10. The fourth-order valence-corrected chi connectivity index (χ4v) is 1.68. The number of carbonyl (C=O) groups is 1. The first-order chi connectivity index (χ1) is 8.02. The number of aryl methyl sites for hydroxylation is 1. The number of carboxylic acid groups (broad SMARTS) is 1. The molecule has 3 heteroatoms. The topological polar surface area (TPSA) is 46.5 Å². The average molecular weight is 236 g/mol. The second-order valence-corrected chi connectivity index (χ2v) is 4.50. The van der Waals surface area contributed by atoms with Crippen molar-refractivity contribution in [3.8, 4) is 5.75 Å².